The van der Waals surface area contributed by atoms with Crippen molar-refractivity contribution in [3.8, 4) is 0 Å². The summed E-state index contributed by atoms with van der Waals surface area (Å²) < 4.78 is 0.924. The molecular weight excluding hydrogens is 324 g/mol. The van der Waals surface area contributed by atoms with Crippen molar-refractivity contribution in [3.05, 3.63) is 49.9 Å². The fourth-order valence-corrected chi connectivity index (χ4v) is 3.15. The summed E-state index contributed by atoms with van der Waals surface area (Å²) in [6, 6.07) is 5.69. The minimum absolute atomic E-state index is 0.0438. The molecule has 100 valence electrons. The third kappa shape index (κ3) is 4.14. The molecule has 0 aliphatic heterocycles. The highest BCUT2D eigenvalue weighted by atomic mass is 79.9. The monoisotopic (exact) mass is 338 g/mol. The summed E-state index contributed by atoms with van der Waals surface area (Å²) >= 11 is 5.03. The maximum Gasteiger partial charge on any atom is 0.251 e. The molecule has 1 aromatic heterocycles. The van der Waals surface area contributed by atoms with Crippen molar-refractivity contribution in [2.45, 2.75) is 20.3 Å². The molecule has 2 aromatic rings. The molecule has 0 saturated carbocycles. The Hall–Kier alpha value is -1.20. The predicted molar refractivity (Wildman–Crippen MR) is 81.8 cm³/mol. The van der Waals surface area contributed by atoms with Gasteiger partial charge in [0.25, 0.3) is 5.91 Å². The molecule has 0 radical (unpaired) electrons. The number of aryl methyl sites for hydroxylation is 2. The Labute approximate surface area is 125 Å². The second-order valence-electron chi connectivity index (χ2n) is 4.41. The van der Waals surface area contributed by atoms with Crippen molar-refractivity contribution in [1.82, 2.24) is 10.3 Å². The van der Waals surface area contributed by atoms with E-state index in [1.165, 1.54) is 0 Å². The van der Waals surface area contributed by atoms with Crippen LogP contribution in [0.1, 0.15) is 26.6 Å². The summed E-state index contributed by atoms with van der Waals surface area (Å²) in [4.78, 5) is 16.4. The number of carbonyl (C=O) groups is 1. The van der Waals surface area contributed by atoms with Gasteiger partial charge in [0.05, 0.1) is 5.01 Å². The lowest BCUT2D eigenvalue weighted by Crippen LogP contribution is -2.25. The van der Waals surface area contributed by atoms with Gasteiger partial charge in [-0.1, -0.05) is 15.9 Å². The van der Waals surface area contributed by atoms with Crippen molar-refractivity contribution in [1.29, 1.82) is 0 Å². The van der Waals surface area contributed by atoms with Gasteiger partial charge in [-0.3, -0.25) is 4.79 Å². The lowest BCUT2D eigenvalue weighted by molar-refractivity contribution is 0.0954. The number of benzene rings is 1. The SMILES string of the molecule is Cc1cc(Br)cc(C(=O)NCCc2nc(C)cs2)c1. The van der Waals surface area contributed by atoms with Crippen LogP contribution in [0.4, 0.5) is 0 Å². The lowest BCUT2D eigenvalue weighted by atomic mass is 10.1. The highest BCUT2D eigenvalue weighted by Gasteiger charge is 2.07. The molecule has 1 amide bonds. The molecule has 0 unspecified atom stereocenters. The molecule has 0 bridgehead atoms. The molecule has 2 rings (SSSR count). The first-order valence-corrected chi connectivity index (χ1v) is 7.68. The first-order valence-electron chi connectivity index (χ1n) is 6.01. The number of amides is 1. The van der Waals surface area contributed by atoms with Gasteiger partial charge in [0.15, 0.2) is 0 Å². The topological polar surface area (TPSA) is 42.0 Å². The average molecular weight is 339 g/mol. The predicted octanol–water partition coefficient (Wildman–Crippen LogP) is 3.49. The summed E-state index contributed by atoms with van der Waals surface area (Å²) in [6.07, 6.45) is 0.775. The van der Waals surface area contributed by atoms with E-state index < -0.39 is 0 Å². The van der Waals surface area contributed by atoms with Crippen LogP contribution in [0.3, 0.4) is 0 Å². The molecular formula is C14H15BrN2OS. The van der Waals surface area contributed by atoms with Crippen LogP contribution in [-0.2, 0) is 6.42 Å². The zero-order valence-electron chi connectivity index (χ0n) is 10.9. The summed E-state index contributed by atoms with van der Waals surface area (Å²) in [7, 11) is 0. The third-order valence-electron chi connectivity index (χ3n) is 2.60. The Morgan fingerprint density at radius 1 is 1.37 bits per heavy atom. The Bertz CT molecular complexity index is 575. The number of thiazole rings is 1. The van der Waals surface area contributed by atoms with Crippen molar-refractivity contribution in [2.75, 3.05) is 6.54 Å². The van der Waals surface area contributed by atoms with Gasteiger partial charge < -0.3 is 5.32 Å². The number of nitrogens with one attached hydrogen (secondary N) is 1. The van der Waals surface area contributed by atoms with Crippen molar-refractivity contribution in [2.24, 2.45) is 0 Å². The van der Waals surface area contributed by atoms with Crippen LogP contribution in [0.15, 0.2) is 28.1 Å². The van der Waals surface area contributed by atoms with E-state index in [4.69, 9.17) is 0 Å². The first kappa shape index (κ1) is 14.2. The normalized spacial score (nSPS) is 10.5. The molecule has 0 fully saturated rings. The number of nitrogens with zero attached hydrogens (tertiary/aromatic N) is 1. The molecule has 3 nitrogen and oxygen atoms in total. The second-order valence-corrected chi connectivity index (χ2v) is 6.26. The van der Waals surface area contributed by atoms with Crippen molar-refractivity contribution in [3.63, 3.8) is 0 Å². The molecule has 0 aliphatic carbocycles. The van der Waals surface area contributed by atoms with E-state index in [1.54, 1.807) is 11.3 Å². The fraction of sp³-hybridized carbons (Fsp3) is 0.286. The van der Waals surface area contributed by atoms with Crippen LogP contribution >= 0.6 is 27.3 Å². The van der Waals surface area contributed by atoms with Crippen LogP contribution < -0.4 is 5.32 Å². The summed E-state index contributed by atoms with van der Waals surface area (Å²) in [5.41, 5.74) is 2.78. The average Bonchev–Trinajstić information content (AvgIpc) is 2.73. The highest BCUT2D eigenvalue weighted by Crippen LogP contribution is 2.15. The minimum atomic E-state index is -0.0438. The van der Waals surface area contributed by atoms with Gasteiger partial charge in [-0.25, -0.2) is 4.98 Å². The largest absolute Gasteiger partial charge is 0.352 e. The van der Waals surface area contributed by atoms with Crippen molar-refractivity contribution >= 4 is 33.2 Å². The lowest BCUT2D eigenvalue weighted by Gasteiger charge is -2.05. The zero-order chi connectivity index (χ0) is 13.8. The molecule has 1 heterocycles. The van der Waals surface area contributed by atoms with E-state index >= 15 is 0 Å². The van der Waals surface area contributed by atoms with Gasteiger partial charge in [-0.05, 0) is 37.6 Å². The number of halogens is 1. The molecule has 19 heavy (non-hydrogen) atoms. The number of hydrogen-bond donors (Lipinski definition) is 1. The molecule has 0 spiro atoms. The number of aromatic nitrogens is 1. The van der Waals surface area contributed by atoms with Crippen LogP contribution in [-0.4, -0.2) is 17.4 Å². The summed E-state index contributed by atoms with van der Waals surface area (Å²) in [5, 5.41) is 6.00. The van der Waals surface area contributed by atoms with Crippen LogP contribution in [0, 0.1) is 13.8 Å². The Morgan fingerprint density at radius 3 is 2.79 bits per heavy atom. The maximum atomic E-state index is 12.0. The molecule has 0 saturated heterocycles. The second kappa shape index (κ2) is 6.30. The van der Waals surface area contributed by atoms with E-state index in [2.05, 4.69) is 26.2 Å². The molecule has 1 N–H and O–H groups in total. The molecule has 5 heteroatoms. The quantitative estimate of drug-likeness (QED) is 0.926. The van der Waals surface area contributed by atoms with Crippen LogP contribution in [0.5, 0.6) is 0 Å². The van der Waals surface area contributed by atoms with E-state index in [-0.39, 0.29) is 5.91 Å². The number of rotatable bonds is 4. The van der Waals surface area contributed by atoms with Gasteiger partial charge in [0.1, 0.15) is 0 Å². The Kier molecular flexibility index (Phi) is 4.71. The van der Waals surface area contributed by atoms with Crippen molar-refractivity contribution < 1.29 is 4.79 Å². The van der Waals surface area contributed by atoms with Gasteiger partial charge in [-0.15, -0.1) is 11.3 Å². The van der Waals surface area contributed by atoms with E-state index in [0.717, 1.165) is 27.2 Å². The number of carbonyl (C=O) groups excluding carboxylic acids is 1. The Balaban J connectivity index is 1.90. The summed E-state index contributed by atoms with van der Waals surface area (Å²) in [6.45, 7) is 4.56. The Morgan fingerprint density at radius 2 is 2.16 bits per heavy atom. The minimum Gasteiger partial charge on any atom is -0.352 e. The van der Waals surface area contributed by atoms with Gasteiger partial charge >= 0.3 is 0 Å². The highest BCUT2D eigenvalue weighted by molar-refractivity contribution is 9.10. The standard InChI is InChI=1S/C14H15BrN2OS/c1-9-5-11(7-12(15)6-9)14(18)16-4-3-13-17-10(2)8-19-13/h5-8H,3-4H2,1-2H3,(H,16,18). The van der Waals surface area contributed by atoms with E-state index in [1.807, 2.05) is 37.4 Å². The molecule has 0 aliphatic rings. The smallest absolute Gasteiger partial charge is 0.251 e. The van der Waals surface area contributed by atoms with Crippen LogP contribution in [0.2, 0.25) is 0 Å². The van der Waals surface area contributed by atoms with E-state index in [9.17, 15) is 4.79 Å². The first-order chi connectivity index (χ1) is 9.04. The maximum absolute atomic E-state index is 12.0. The third-order valence-corrected chi connectivity index (χ3v) is 4.08. The fourth-order valence-electron chi connectivity index (χ4n) is 1.77. The van der Waals surface area contributed by atoms with Gasteiger partial charge in [0.2, 0.25) is 0 Å². The zero-order valence-corrected chi connectivity index (χ0v) is 13.3. The summed E-state index contributed by atoms with van der Waals surface area (Å²) in [5.74, 6) is -0.0438. The van der Waals surface area contributed by atoms with E-state index in [0.29, 0.717) is 12.1 Å². The molecule has 1 aromatic carbocycles. The van der Waals surface area contributed by atoms with Gasteiger partial charge in [0, 0.05) is 34.1 Å². The van der Waals surface area contributed by atoms with Gasteiger partial charge in [-0.2, -0.15) is 0 Å². The van der Waals surface area contributed by atoms with Crippen LogP contribution in [0.25, 0.3) is 0 Å². The number of hydrogen-bond acceptors (Lipinski definition) is 3. The molecule has 0 atom stereocenters.